The summed E-state index contributed by atoms with van der Waals surface area (Å²) in [5, 5.41) is 0. The number of methoxy groups -OCH3 is 1. The minimum Gasteiger partial charge on any atom is -0.385 e. The van der Waals surface area contributed by atoms with E-state index >= 15 is 0 Å². The van der Waals surface area contributed by atoms with Crippen molar-refractivity contribution in [3.8, 4) is 0 Å². The van der Waals surface area contributed by atoms with Crippen LogP contribution in [0.5, 0.6) is 0 Å². The molecule has 1 aliphatic rings. The average molecular weight is 320 g/mol. The van der Waals surface area contributed by atoms with Crippen LogP contribution in [0.25, 0.3) is 0 Å². The highest BCUT2D eigenvalue weighted by Gasteiger charge is 2.26. The van der Waals surface area contributed by atoms with Gasteiger partial charge in [0.1, 0.15) is 0 Å². The van der Waals surface area contributed by atoms with Crippen molar-refractivity contribution in [1.82, 2.24) is 4.90 Å². The Kier molecular flexibility index (Phi) is 7.52. The van der Waals surface area contributed by atoms with Crippen molar-refractivity contribution in [3.05, 3.63) is 35.9 Å². The van der Waals surface area contributed by atoms with Gasteiger partial charge in [-0.1, -0.05) is 30.3 Å². The second-order valence-corrected chi connectivity index (χ2v) is 6.04. The highest BCUT2D eigenvalue weighted by atomic mass is 16.5. The van der Waals surface area contributed by atoms with Crippen molar-refractivity contribution < 1.29 is 14.3 Å². The Labute approximate surface area is 138 Å². The second kappa shape index (κ2) is 9.65. The molecule has 0 saturated carbocycles. The summed E-state index contributed by atoms with van der Waals surface area (Å²) in [5.74, 6) is 0.0479. The Morgan fingerprint density at radius 3 is 2.61 bits per heavy atom. The molecule has 1 saturated heterocycles. The van der Waals surface area contributed by atoms with E-state index in [2.05, 4.69) is 0 Å². The molecular weight excluding hydrogens is 292 g/mol. The molecule has 0 aliphatic carbocycles. The van der Waals surface area contributed by atoms with Crippen LogP contribution in [0.2, 0.25) is 0 Å². The minimum absolute atomic E-state index is 0.0479. The van der Waals surface area contributed by atoms with Gasteiger partial charge in [-0.25, -0.2) is 0 Å². The quantitative estimate of drug-likeness (QED) is 0.739. The summed E-state index contributed by atoms with van der Waals surface area (Å²) in [4.78, 5) is 14.3. The summed E-state index contributed by atoms with van der Waals surface area (Å²) in [6.45, 7) is 2.91. The van der Waals surface area contributed by atoms with E-state index in [-0.39, 0.29) is 12.0 Å². The van der Waals surface area contributed by atoms with Crippen molar-refractivity contribution in [2.75, 3.05) is 33.4 Å². The number of hydrogen-bond acceptors (Lipinski definition) is 4. The monoisotopic (exact) mass is 320 g/mol. The van der Waals surface area contributed by atoms with Crippen LogP contribution in [0, 0.1) is 0 Å². The predicted octanol–water partition coefficient (Wildman–Crippen LogP) is 1.60. The van der Waals surface area contributed by atoms with Gasteiger partial charge in [-0.3, -0.25) is 4.79 Å². The average Bonchev–Trinajstić information content (AvgIpc) is 2.59. The molecule has 1 aromatic carbocycles. The van der Waals surface area contributed by atoms with E-state index < -0.39 is 6.04 Å². The Hall–Kier alpha value is -1.43. The molecule has 128 valence electrons. The number of carbonyl (C=O) groups excluding carboxylic acids is 1. The lowest BCUT2D eigenvalue weighted by Gasteiger charge is -2.33. The van der Waals surface area contributed by atoms with Gasteiger partial charge in [-0.05, 0) is 31.2 Å². The normalized spacial score (nSPS) is 17.2. The molecule has 0 bridgehead atoms. The molecule has 5 nitrogen and oxygen atoms in total. The van der Waals surface area contributed by atoms with Crippen LogP contribution >= 0.6 is 0 Å². The van der Waals surface area contributed by atoms with Gasteiger partial charge in [-0.2, -0.15) is 0 Å². The summed E-state index contributed by atoms with van der Waals surface area (Å²) in [5.41, 5.74) is 7.19. The smallest absolute Gasteiger partial charge is 0.239 e. The number of hydrogen-bond donors (Lipinski definition) is 1. The third kappa shape index (κ3) is 5.94. The molecule has 1 fully saturated rings. The number of piperidine rings is 1. The van der Waals surface area contributed by atoms with Crippen molar-refractivity contribution in [2.24, 2.45) is 5.73 Å². The lowest BCUT2D eigenvalue weighted by molar-refractivity contribution is -0.135. The van der Waals surface area contributed by atoms with Crippen molar-refractivity contribution in [1.29, 1.82) is 0 Å². The first-order chi connectivity index (χ1) is 11.2. The summed E-state index contributed by atoms with van der Waals surface area (Å²) in [6, 6.07) is 9.46. The van der Waals surface area contributed by atoms with E-state index in [9.17, 15) is 4.79 Å². The first-order valence-corrected chi connectivity index (χ1v) is 8.39. The highest BCUT2D eigenvalue weighted by Crippen LogP contribution is 2.15. The third-order valence-electron chi connectivity index (χ3n) is 4.22. The van der Waals surface area contributed by atoms with E-state index in [1.807, 2.05) is 35.2 Å². The van der Waals surface area contributed by atoms with Crippen LogP contribution in [0.4, 0.5) is 0 Å². The number of carbonyl (C=O) groups is 1. The predicted molar refractivity (Wildman–Crippen MR) is 90.2 cm³/mol. The molecule has 0 aromatic heterocycles. The number of amides is 1. The fraction of sp³-hybridized carbons (Fsp3) is 0.611. The second-order valence-electron chi connectivity index (χ2n) is 6.04. The van der Waals surface area contributed by atoms with Gasteiger partial charge in [0.15, 0.2) is 0 Å². The molecule has 2 N–H and O–H groups in total. The van der Waals surface area contributed by atoms with Crippen LogP contribution in [0.1, 0.15) is 24.8 Å². The molecule has 1 aromatic rings. The molecule has 23 heavy (non-hydrogen) atoms. The molecule has 0 unspecified atom stereocenters. The molecule has 1 atom stereocenters. The highest BCUT2D eigenvalue weighted by molar-refractivity contribution is 5.82. The van der Waals surface area contributed by atoms with Gasteiger partial charge < -0.3 is 20.1 Å². The largest absolute Gasteiger partial charge is 0.385 e. The molecule has 0 radical (unpaired) electrons. The zero-order valence-corrected chi connectivity index (χ0v) is 13.9. The maximum absolute atomic E-state index is 12.5. The number of nitrogens with two attached hydrogens (primary N) is 1. The summed E-state index contributed by atoms with van der Waals surface area (Å²) in [7, 11) is 1.70. The molecule has 1 amide bonds. The van der Waals surface area contributed by atoms with Crippen LogP contribution in [0.3, 0.4) is 0 Å². The van der Waals surface area contributed by atoms with Crippen molar-refractivity contribution in [2.45, 2.75) is 37.8 Å². The van der Waals surface area contributed by atoms with E-state index in [1.54, 1.807) is 7.11 Å². The topological polar surface area (TPSA) is 64.8 Å². The van der Waals surface area contributed by atoms with Gasteiger partial charge in [0.25, 0.3) is 0 Å². The fourth-order valence-electron chi connectivity index (χ4n) is 2.89. The van der Waals surface area contributed by atoms with Gasteiger partial charge >= 0.3 is 0 Å². The van der Waals surface area contributed by atoms with Gasteiger partial charge in [0, 0.05) is 33.4 Å². The van der Waals surface area contributed by atoms with Crippen molar-refractivity contribution in [3.63, 3.8) is 0 Å². The molecule has 1 heterocycles. The van der Waals surface area contributed by atoms with E-state index in [4.69, 9.17) is 15.2 Å². The zero-order valence-electron chi connectivity index (χ0n) is 13.9. The van der Waals surface area contributed by atoms with E-state index in [0.717, 1.165) is 51.1 Å². The van der Waals surface area contributed by atoms with Crippen LogP contribution in [0.15, 0.2) is 30.3 Å². The molecule has 2 rings (SSSR count). The first-order valence-electron chi connectivity index (χ1n) is 8.39. The maximum Gasteiger partial charge on any atom is 0.239 e. The molecule has 1 aliphatic heterocycles. The zero-order chi connectivity index (χ0) is 16.5. The number of benzene rings is 1. The minimum atomic E-state index is -0.462. The van der Waals surface area contributed by atoms with Gasteiger partial charge in [0.05, 0.1) is 12.1 Å². The van der Waals surface area contributed by atoms with Crippen molar-refractivity contribution >= 4 is 5.91 Å². The summed E-state index contributed by atoms with van der Waals surface area (Å²) < 4.78 is 10.8. The first kappa shape index (κ1) is 17.9. The van der Waals surface area contributed by atoms with E-state index in [0.29, 0.717) is 6.42 Å². The Bertz CT molecular complexity index is 459. The van der Waals surface area contributed by atoms with Gasteiger partial charge in [0.2, 0.25) is 5.91 Å². The Balaban J connectivity index is 1.70. The van der Waals surface area contributed by atoms with E-state index in [1.165, 1.54) is 0 Å². The molecular formula is C18H28N2O3. The molecule has 0 spiro atoms. The van der Waals surface area contributed by atoms with Crippen LogP contribution in [-0.4, -0.2) is 56.4 Å². The Morgan fingerprint density at radius 1 is 1.26 bits per heavy atom. The fourth-order valence-corrected chi connectivity index (χ4v) is 2.89. The van der Waals surface area contributed by atoms with Gasteiger partial charge in [-0.15, -0.1) is 0 Å². The summed E-state index contributed by atoms with van der Waals surface area (Å²) >= 11 is 0. The van der Waals surface area contributed by atoms with Crippen LogP contribution in [-0.2, 0) is 20.7 Å². The summed E-state index contributed by atoms with van der Waals surface area (Å²) in [6.07, 6.45) is 3.53. The lowest BCUT2D eigenvalue weighted by atomic mass is 10.0. The Morgan fingerprint density at radius 2 is 1.96 bits per heavy atom. The maximum atomic E-state index is 12.5. The number of likely N-dealkylation sites (tertiary alicyclic amines) is 1. The van der Waals surface area contributed by atoms with Crippen LogP contribution < -0.4 is 5.73 Å². The number of rotatable bonds is 8. The third-order valence-corrected chi connectivity index (χ3v) is 4.22. The number of nitrogens with zero attached hydrogens (tertiary/aromatic N) is 1. The lowest BCUT2D eigenvalue weighted by Crippen LogP contribution is -2.49. The SMILES string of the molecule is COCCCOC1CCN(C(=O)[C@@H](N)Cc2ccccc2)CC1. The molecule has 5 heteroatoms. The number of ether oxygens (including phenoxy) is 2. The standard InChI is InChI=1S/C18H28N2O3/c1-22-12-5-13-23-16-8-10-20(11-9-16)18(21)17(19)14-15-6-3-2-4-7-15/h2-4,6-7,16-17H,5,8-14,19H2,1H3/t17-/m0/s1.